The average molecular weight is 250 g/mol. The Kier molecular flexibility index (Phi) is 2.87. The number of hydrogen-bond acceptors (Lipinski definition) is 1. The lowest BCUT2D eigenvalue weighted by molar-refractivity contribution is -0.143. The van der Waals surface area contributed by atoms with Gasteiger partial charge in [-0.2, -0.15) is 18.3 Å². The molecule has 2 nitrogen and oxygen atoms in total. The molecule has 0 spiro atoms. The predicted molar refractivity (Wildman–Crippen MR) is 61.6 cm³/mol. The van der Waals surface area contributed by atoms with E-state index in [4.69, 9.17) is 6.42 Å². The molecule has 0 aromatic carbocycles. The highest BCUT2D eigenvalue weighted by molar-refractivity contribution is 5.80. The van der Waals surface area contributed by atoms with Gasteiger partial charge in [-0.25, -0.2) is 0 Å². The van der Waals surface area contributed by atoms with Gasteiger partial charge in [0.05, 0.1) is 0 Å². The summed E-state index contributed by atoms with van der Waals surface area (Å²) in [7, 11) is 1.20. The summed E-state index contributed by atoms with van der Waals surface area (Å²) >= 11 is 0. The Morgan fingerprint density at radius 1 is 1.22 bits per heavy atom. The summed E-state index contributed by atoms with van der Waals surface area (Å²) < 4.78 is 36.9. The van der Waals surface area contributed by atoms with Crippen molar-refractivity contribution in [2.24, 2.45) is 7.05 Å². The maximum absolute atomic E-state index is 12.1. The van der Waals surface area contributed by atoms with Crippen LogP contribution in [0.15, 0.2) is 30.3 Å². The van der Waals surface area contributed by atoms with E-state index < -0.39 is 11.9 Å². The molecule has 18 heavy (non-hydrogen) atoms. The molecule has 0 radical (unpaired) electrons. The molecule has 2 aliphatic rings. The fourth-order valence-electron chi connectivity index (χ4n) is 1.48. The van der Waals surface area contributed by atoms with Crippen LogP contribution in [0.2, 0.25) is 0 Å². The quantitative estimate of drug-likeness (QED) is 0.561. The van der Waals surface area contributed by atoms with Crippen molar-refractivity contribution in [3.8, 4) is 23.5 Å². The fraction of sp³-hybridized carbons (Fsp3) is 0.154. The van der Waals surface area contributed by atoms with Crippen LogP contribution >= 0.6 is 0 Å². The van der Waals surface area contributed by atoms with Crippen LogP contribution in [0.1, 0.15) is 11.4 Å². The predicted octanol–water partition coefficient (Wildman–Crippen LogP) is 3.09. The lowest BCUT2D eigenvalue weighted by Crippen LogP contribution is -2.11. The van der Waals surface area contributed by atoms with Gasteiger partial charge in [-0.05, 0) is 23.1 Å². The molecule has 1 aromatic heterocycles. The molecule has 0 N–H and O–H groups in total. The number of alkyl halides is 3. The second-order valence-corrected chi connectivity index (χ2v) is 3.76. The molecule has 0 amide bonds. The number of halogens is 3. The van der Waals surface area contributed by atoms with E-state index in [1.807, 2.05) is 5.92 Å². The maximum atomic E-state index is 12.1. The number of aromatic nitrogens is 2. The van der Waals surface area contributed by atoms with Crippen LogP contribution in [-0.2, 0) is 13.2 Å². The van der Waals surface area contributed by atoms with Gasteiger partial charge in [0.2, 0.25) is 0 Å². The zero-order chi connectivity index (χ0) is 13.3. The number of terminal acetylenes is 1. The first kappa shape index (κ1) is 12.2. The summed E-state index contributed by atoms with van der Waals surface area (Å²) in [4.78, 5) is 0. The van der Waals surface area contributed by atoms with Crippen molar-refractivity contribution >= 4 is 0 Å². The Balaban J connectivity index is 0.000000164. The van der Waals surface area contributed by atoms with Gasteiger partial charge in [-0.15, -0.1) is 6.42 Å². The molecule has 3 rings (SSSR count). The monoisotopic (exact) mass is 250 g/mol. The third-order valence-electron chi connectivity index (χ3n) is 2.43. The zero-order valence-electron chi connectivity index (χ0n) is 9.49. The van der Waals surface area contributed by atoms with Crippen molar-refractivity contribution < 1.29 is 13.2 Å². The number of benzene rings is 1. The van der Waals surface area contributed by atoms with Crippen molar-refractivity contribution in [1.82, 2.24) is 9.78 Å². The van der Waals surface area contributed by atoms with Gasteiger partial charge in [0.1, 0.15) is 11.4 Å². The van der Waals surface area contributed by atoms with Gasteiger partial charge < -0.3 is 0 Å². The van der Waals surface area contributed by atoms with Gasteiger partial charge in [0, 0.05) is 13.1 Å². The lowest BCUT2D eigenvalue weighted by Gasteiger charge is -2.04. The second kappa shape index (κ2) is 4.22. The molecule has 0 bridgehead atoms. The van der Waals surface area contributed by atoms with Gasteiger partial charge in [0.25, 0.3) is 0 Å². The Morgan fingerprint density at radius 3 is 2.06 bits per heavy atom. The van der Waals surface area contributed by atoms with E-state index >= 15 is 0 Å². The van der Waals surface area contributed by atoms with Crippen LogP contribution in [0.5, 0.6) is 0 Å². The SMILES string of the molecule is C#Cc1cc(C(F)(F)F)n(C)n1.c1cc2cc-2c1. The average Bonchev–Trinajstić information content (AvgIpc) is 2.74. The number of nitrogens with zero attached hydrogens (tertiary/aromatic N) is 2. The highest BCUT2D eigenvalue weighted by atomic mass is 19.4. The Morgan fingerprint density at radius 2 is 1.83 bits per heavy atom. The molecule has 0 unspecified atom stereocenters. The minimum absolute atomic E-state index is 0.00942. The third-order valence-corrected chi connectivity index (χ3v) is 2.43. The van der Waals surface area contributed by atoms with E-state index in [0.29, 0.717) is 0 Å². The van der Waals surface area contributed by atoms with Gasteiger partial charge >= 0.3 is 6.18 Å². The standard InChI is InChI=1S/C7H5F3N2.C6H4/c1-3-5-4-6(7(8,9)10)12(2)11-5;1-2-5-4-6(5)3-1/h1,4H,2H3;1-4H. The first-order chi connectivity index (χ1) is 8.41. The summed E-state index contributed by atoms with van der Waals surface area (Å²) in [6, 6.07) is 9.31. The zero-order valence-corrected chi connectivity index (χ0v) is 9.49. The molecule has 0 fully saturated rings. The summed E-state index contributed by atoms with van der Waals surface area (Å²) in [5.74, 6) is 2.03. The van der Waals surface area contributed by atoms with Crippen molar-refractivity contribution in [2.45, 2.75) is 6.18 Å². The number of fused-ring (bicyclic) bond motifs is 1. The van der Waals surface area contributed by atoms with Crippen LogP contribution in [-0.4, -0.2) is 9.78 Å². The van der Waals surface area contributed by atoms with E-state index in [0.717, 1.165) is 10.7 Å². The van der Waals surface area contributed by atoms with E-state index in [2.05, 4.69) is 29.4 Å². The minimum Gasteiger partial charge on any atom is -0.262 e. The highest BCUT2D eigenvalue weighted by Crippen LogP contribution is 2.32. The van der Waals surface area contributed by atoms with Crippen molar-refractivity contribution in [1.29, 1.82) is 0 Å². The van der Waals surface area contributed by atoms with Crippen LogP contribution in [0, 0.1) is 12.3 Å². The molecule has 2 aliphatic carbocycles. The number of aryl methyl sites for hydroxylation is 1. The molecule has 92 valence electrons. The number of hydrogen-bond donors (Lipinski definition) is 0. The van der Waals surface area contributed by atoms with Crippen molar-refractivity contribution in [2.75, 3.05) is 0 Å². The van der Waals surface area contributed by atoms with Crippen molar-refractivity contribution in [3.63, 3.8) is 0 Å². The molecule has 0 atom stereocenters. The van der Waals surface area contributed by atoms with E-state index in [-0.39, 0.29) is 5.69 Å². The highest BCUT2D eigenvalue weighted by Gasteiger charge is 2.34. The van der Waals surface area contributed by atoms with Gasteiger partial charge in [-0.1, -0.05) is 18.2 Å². The Labute approximate surface area is 102 Å². The van der Waals surface area contributed by atoms with Crippen LogP contribution < -0.4 is 0 Å². The summed E-state index contributed by atoms with van der Waals surface area (Å²) in [5, 5.41) is 3.46. The molecular formula is C13H9F3N2. The molecule has 0 saturated carbocycles. The topological polar surface area (TPSA) is 17.8 Å². The third kappa shape index (κ3) is 2.54. The summed E-state index contributed by atoms with van der Waals surface area (Å²) in [6.45, 7) is 0. The Bertz CT molecular complexity index is 601. The lowest BCUT2D eigenvalue weighted by atomic mass is 10.3. The Hall–Kier alpha value is -2.22. The first-order valence-electron chi connectivity index (χ1n) is 5.10. The van der Waals surface area contributed by atoms with E-state index in [1.54, 1.807) is 0 Å². The normalized spacial score (nSPS) is 11.3. The van der Waals surface area contributed by atoms with Crippen LogP contribution in [0.25, 0.3) is 11.1 Å². The maximum Gasteiger partial charge on any atom is 0.433 e. The van der Waals surface area contributed by atoms with Crippen LogP contribution in [0.4, 0.5) is 13.2 Å². The summed E-state index contributed by atoms with van der Waals surface area (Å²) in [5.41, 5.74) is 2.00. The van der Waals surface area contributed by atoms with Crippen molar-refractivity contribution in [3.05, 3.63) is 41.7 Å². The largest absolute Gasteiger partial charge is 0.433 e. The summed E-state index contributed by atoms with van der Waals surface area (Å²) in [6.07, 6.45) is 0.490. The van der Waals surface area contributed by atoms with E-state index in [1.165, 1.54) is 18.2 Å². The number of rotatable bonds is 0. The van der Waals surface area contributed by atoms with Gasteiger partial charge in [-0.3, -0.25) is 4.68 Å². The molecular weight excluding hydrogens is 241 g/mol. The fourth-order valence-corrected chi connectivity index (χ4v) is 1.48. The van der Waals surface area contributed by atoms with Gasteiger partial charge in [0.15, 0.2) is 0 Å². The van der Waals surface area contributed by atoms with Crippen LogP contribution in [0.3, 0.4) is 0 Å². The molecule has 0 saturated heterocycles. The molecule has 5 heteroatoms. The second-order valence-electron chi connectivity index (χ2n) is 3.76. The molecule has 0 aliphatic heterocycles. The first-order valence-corrected chi connectivity index (χ1v) is 5.10. The molecule has 1 heterocycles. The molecule has 1 aromatic rings. The van der Waals surface area contributed by atoms with E-state index in [9.17, 15) is 13.2 Å². The smallest absolute Gasteiger partial charge is 0.262 e. The minimum atomic E-state index is -4.39.